The number of carbonyl (C=O) groups is 1. The lowest BCUT2D eigenvalue weighted by molar-refractivity contribution is -0.129. The van der Waals surface area contributed by atoms with Gasteiger partial charge in [0.1, 0.15) is 5.82 Å². The Balaban J connectivity index is 1.55. The fourth-order valence-electron chi connectivity index (χ4n) is 4.19. The van der Waals surface area contributed by atoms with Gasteiger partial charge >= 0.3 is 0 Å². The lowest BCUT2D eigenvalue weighted by Crippen LogP contribution is -2.34. The molecule has 2 fully saturated rings. The minimum Gasteiger partial charge on any atom is -0.342 e. The Morgan fingerprint density at radius 2 is 2.00 bits per heavy atom. The van der Waals surface area contributed by atoms with Crippen LogP contribution < -0.4 is 0 Å². The van der Waals surface area contributed by atoms with Crippen LogP contribution >= 0.6 is 23.1 Å². The second kappa shape index (κ2) is 8.78. The molecule has 2 aromatic rings. The third-order valence-electron chi connectivity index (χ3n) is 5.64. The molecule has 0 radical (unpaired) electrons. The fourth-order valence-corrected chi connectivity index (χ4v) is 5.91. The van der Waals surface area contributed by atoms with Crippen molar-refractivity contribution in [2.45, 2.75) is 74.7 Å². The maximum Gasteiger partial charge on any atom is 0.235 e. The molecule has 1 atom stereocenters. The van der Waals surface area contributed by atoms with Crippen molar-refractivity contribution in [3.8, 4) is 0 Å². The first-order valence-electron chi connectivity index (χ1n) is 10.1. The van der Waals surface area contributed by atoms with Crippen LogP contribution in [0.3, 0.4) is 0 Å². The Hall–Kier alpha value is -1.34. The Morgan fingerprint density at radius 1 is 1.22 bits per heavy atom. The summed E-state index contributed by atoms with van der Waals surface area (Å²) in [5.74, 6) is 1.29. The van der Waals surface area contributed by atoms with E-state index in [-0.39, 0.29) is 11.2 Å². The van der Waals surface area contributed by atoms with Gasteiger partial charge in [-0.05, 0) is 44.1 Å². The van der Waals surface area contributed by atoms with E-state index in [9.17, 15) is 4.79 Å². The van der Waals surface area contributed by atoms with E-state index in [4.69, 9.17) is 0 Å². The number of amides is 1. The minimum absolute atomic E-state index is 0.107. The molecule has 2 aliphatic rings. The molecule has 1 amide bonds. The second-order valence-corrected chi connectivity index (χ2v) is 9.95. The van der Waals surface area contributed by atoms with Gasteiger partial charge < -0.3 is 9.47 Å². The van der Waals surface area contributed by atoms with Gasteiger partial charge in [-0.15, -0.1) is 21.5 Å². The topological polar surface area (TPSA) is 51.0 Å². The number of thioether (sulfide) groups is 1. The van der Waals surface area contributed by atoms with E-state index in [0.29, 0.717) is 6.04 Å². The van der Waals surface area contributed by atoms with Crippen LogP contribution in [0.2, 0.25) is 0 Å². The summed E-state index contributed by atoms with van der Waals surface area (Å²) < 4.78 is 2.36. The molecule has 1 saturated carbocycles. The number of aromatic nitrogens is 3. The van der Waals surface area contributed by atoms with Crippen LogP contribution in [0.1, 0.15) is 68.6 Å². The van der Waals surface area contributed by atoms with Crippen LogP contribution in [0.4, 0.5) is 0 Å². The van der Waals surface area contributed by atoms with Gasteiger partial charge in [-0.1, -0.05) is 37.1 Å². The highest BCUT2D eigenvalue weighted by molar-refractivity contribution is 8.00. The maximum atomic E-state index is 12.7. The Labute approximate surface area is 169 Å². The number of nitrogens with zero attached hydrogens (tertiary/aromatic N) is 4. The van der Waals surface area contributed by atoms with Crippen molar-refractivity contribution in [2.75, 3.05) is 13.1 Å². The number of hydrogen-bond acceptors (Lipinski definition) is 5. The lowest BCUT2D eigenvalue weighted by atomic mass is 9.95. The first kappa shape index (κ1) is 19.0. The zero-order chi connectivity index (χ0) is 18.6. The van der Waals surface area contributed by atoms with Crippen LogP contribution in [0, 0.1) is 0 Å². The summed E-state index contributed by atoms with van der Waals surface area (Å²) >= 11 is 3.36. The third kappa shape index (κ3) is 4.40. The van der Waals surface area contributed by atoms with Gasteiger partial charge in [-0.3, -0.25) is 4.79 Å². The predicted octanol–water partition coefficient (Wildman–Crippen LogP) is 4.54. The number of rotatable bonds is 6. The van der Waals surface area contributed by atoms with Gasteiger partial charge in [0, 0.05) is 30.4 Å². The molecular formula is C20H28N4OS2. The molecule has 2 aromatic heterocycles. The SMILES string of the molecule is CC(Sc1nnc(Cc2cccs2)n1C1CCCCC1)C(=O)N1CCCC1. The van der Waals surface area contributed by atoms with E-state index in [0.717, 1.165) is 43.3 Å². The number of hydrogen-bond donors (Lipinski definition) is 0. The summed E-state index contributed by atoms with van der Waals surface area (Å²) in [5, 5.41) is 12.0. The van der Waals surface area contributed by atoms with Crippen molar-refractivity contribution in [1.29, 1.82) is 0 Å². The van der Waals surface area contributed by atoms with Gasteiger partial charge in [0.15, 0.2) is 5.16 Å². The molecule has 1 saturated heterocycles. The summed E-state index contributed by atoms with van der Waals surface area (Å²) in [6.07, 6.45) is 9.34. The van der Waals surface area contributed by atoms with Gasteiger partial charge in [-0.2, -0.15) is 0 Å². The third-order valence-corrected chi connectivity index (χ3v) is 7.56. The quantitative estimate of drug-likeness (QED) is 0.663. The van der Waals surface area contributed by atoms with E-state index >= 15 is 0 Å². The molecule has 0 N–H and O–H groups in total. The standard InChI is InChI=1S/C20H28N4OS2/c1-15(19(25)23-11-5-6-12-23)27-20-22-21-18(14-17-10-7-13-26-17)24(20)16-8-3-2-4-9-16/h7,10,13,15-16H,2-6,8-9,11-12,14H2,1H3. The zero-order valence-corrected chi connectivity index (χ0v) is 17.6. The fraction of sp³-hybridized carbons (Fsp3) is 0.650. The molecule has 27 heavy (non-hydrogen) atoms. The largest absolute Gasteiger partial charge is 0.342 e. The van der Waals surface area contributed by atoms with Crippen molar-refractivity contribution in [2.24, 2.45) is 0 Å². The number of carbonyl (C=O) groups excluding carboxylic acids is 1. The van der Waals surface area contributed by atoms with Crippen molar-refractivity contribution in [3.05, 3.63) is 28.2 Å². The predicted molar refractivity (Wildman–Crippen MR) is 110 cm³/mol. The Kier molecular flexibility index (Phi) is 6.18. The average molecular weight is 405 g/mol. The molecule has 1 aliphatic carbocycles. The van der Waals surface area contributed by atoms with Crippen molar-refractivity contribution in [1.82, 2.24) is 19.7 Å². The zero-order valence-electron chi connectivity index (χ0n) is 16.0. The summed E-state index contributed by atoms with van der Waals surface area (Å²) in [4.78, 5) is 16.1. The first-order chi connectivity index (χ1) is 13.2. The van der Waals surface area contributed by atoms with Crippen LogP contribution in [-0.2, 0) is 11.2 Å². The molecule has 4 rings (SSSR count). The van der Waals surface area contributed by atoms with Gasteiger partial charge in [0.25, 0.3) is 0 Å². The van der Waals surface area contributed by atoms with Crippen LogP contribution in [0.25, 0.3) is 0 Å². The minimum atomic E-state index is -0.107. The molecule has 7 heteroatoms. The van der Waals surface area contributed by atoms with Crippen LogP contribution in [-0.4, -0.2) is 43.9 Å². The van der Waals surface area contributed by atoms with E-state index < -0.39 is 0 Å². The number of thiophene rings is 1. The number of likely N-dealkylation sites (tertiary alicyclic amines) is 1. The molecule has 3 heterocycles. The monoisotopic (exact) mass is 404 g/mol. The van der Waals surface area contributed by atoms with Crippen molar-refractivity contribution >= 4 is 29.0 Å². The highest BCUT2D eigenvalue weighted by Gasteiger charge is 2.28. The van der Waals surface area contributed by atoms with Gasteiger partial charge in [-0.25, -0.2) is 0 Å². The maximum absolute atomic E-state index is 12.7. The molecule has 0 spiro atoms. The van der Waals surface area contributed by atoms with Crippen LogP contribution in [0.5, 0.6) is 0 Å². The van der Waals surface area contributed by atoms with E-state index in [1.807, 2.05) is 11.8 Å². The van der Waals surface area contributed by atoms with Crippen LogP contribution in [0.15, 0.2) is 22.7 Å². The highest BCUT2D eigenvalue weighted by Crippen LogP contribution is 2.35. The summed E-state index contributed by atoms with van der Waals surface area (Å²) in [5.41, 5.74) is 0. The van der Waals surface area contributed by atoms with E-state index in [1.54, 1.807) is 23.1 Å². The molecule has 0 bridgehead atoms. The first-order valence-corrected chi connectivity index (χ1v) is 11.9. The van der Waals surface area contributed by atoms with E-state index in [1.165, 1.54) is 37.0 Å². The Morgan fingerprint density at radius 3 is 2.70 bits per heavy atom. The van der Waals surface area contributed by atoms with Crippen molar-refractivity contribution < 1.29 is 4.79 Å². The second-order valence-electron chi connectivity index (χ2n) is 7.61. The van der Waals surface area contributed by atoms with Gasteiger partial charge in [0.2, 0.25) is 5.91 Å². The molecular weight excluding hydrogens is 376 g/mol. The highest BCUT2D eigenvalue weighted by atomic mass is 32.2. The summed E-state index contributed by atoms with van der Waals surface area (Å²) in [6, 6.07) is 4.73. The molecule has 5 nitrogen and oxygen atoms in total. The summed E-state index contributed by atoms with van der Waals surface area (Å²) in [7, 11) is 0. The molecule has 0 aromatic carbocycles. The molecule has 146 valence electrons. The average Bonchev–Trinajstić information content (AvgIpc) is 3.45. The van der Waals surface area contributed by atoms with Gasteiger partial charge in [0.05, 0.1) is 5.25 Å². The van der Waals surface area contributed by atoms with Crippen molar-refractivity contribution in [3.63, 3.8) is 0 Å². The summed E-state index contributed by atoms with van der Waals surface area (Å²) in [6.45, 7) is 3.83. The Bertz CT molecular complexity index is 746. The van der Waals surface area contributed by atoms with E-state index in [2.05, 4.69) is 32.3 Å². The molecule has 1 aliphatic heterocycles. The smallest absolute Gasteiger partial charge is 0.235 e. The lowest BCUT2D eigenvalue weighted by Gasteiger charge is -2.26. The molecule has 1 unspecified atom stereocenters. The normalized spacial score (nSPS) is 19.5.